The molecule has 0 aliphatic rings. The quantitative estimate of drug-likeness (QED) is 0.772. The van der Waals surface area contributed by atoms with Crippen LogP contribution in [0.2, 0.25) is 5.02 Å². The minimum Gasteiger partial charge on any atom is -0.352 e. The van der Waals surface area contributed by atoms with Crippen LogP contribution in [0.15, 0.2) is 36.7 Å². The fourth-order valence-electron chi connectivity index (χ4n) is 2.09. The standard InChI is InChI=1S/C14H12ClN5O/c15-11-3-4-12-10(2-1-6-16-12)13(11)14(21)17-7-5-9-8-18-20-19-9/h1-4,6,8H,5,7H2,(H,17,21)(H,18,19,20). The van der Waals surface area contributed by atoms with E-state index in [2.05, 4.69) is 25.7 Å². The van der Waals surface area contributed by atoms with Gasteiger partial charge in [-0.1, -0.05) is 17.7 Å². The van der Waals surface area contributed by atoms with Gasteiger partial charge in [0, 0.05) is 24.5 Å². The van der Waals surface area contributed by atoms with Crippen molar-refractivity contribution in [3.63, 3.8) is 0 Å². The number of benzene rings is 1. The molecule has 0 spiro atoms. The van der Waals surface area contributed by atoms with Crippen LogP contribution >= 0.6 is 11.6 Å². The second-order valence-electron chi connectivity index (χ2n) is 4.46. The molecule has 7 heteroatoms. The van der Waals surface area contributed by atoms with Gasteiger partial charge in [0.2, 0.25) is 0 Å². The SMILES string of the molecule is O=C(NCCc1cn[nH]n1)c1c(Cl)ccc2ncccc12. The number of hydrogen-bond donors (Lipinski definition) is 2. The van der Waals surface area contributed by atoms with Crippen molar-refractivity contribution in [3.05, 3.63) is 52.9 Å². The number of carbonyl (C=O) groups excluding carboxylic acids is 1. The van der Waals surface area contributed by atoms with Gasteiger partial charge < -0.3 is 5.32 Å². The van der Waals surface area contributed by atoms with E-state index in [0.717, 1.165) is 16.6 Å². The van der Waals surface area contributed by atoms with Crippen LogP contribution in [0.25, 0.3) is 10.9 Å². The van der Waals surface area contributed by atoms with E-state index >= 15 is 0 Å². The maximum atomic E-state index is 12.3. The van der Waals surface area contributed by atoms with Crippen LogP contribution in [0.4, 0.5) is 0 Å². The molecule has 106 valence electrons. The summed E-state index contributed by atoms with van der Waals surface area (Å²) in [6.07, 6.45) is 3.91. The number of aromatic nitrogens is 4. The minimum atomic E-state index is -0.220. The van der Waals surface area contributed by atoms with Gasteiger partial charge in [0.15, 0.2) is 0 Å². The van der Waals surface area contributed by atoms with Gasteiger partial charge in [-0.2, -0.15) is 15.4 Å². The zero-order chi connectivity index (χ0) is 14.7. The molecule has 0 saturated heterocycles. The Morgan fingerprint density at radius 1 is 1.33 bits per heavy atom. The molecule has 0 aliphatic heterocycles. The van der Waals surface area contributed by atoms with Gasteiger partial charge in [0.1, 0.15) is 0 Å². The number of amides is 1. The number of nitrogens with zero attached hydrogens (tertiary/aromatic N) is 3. The van der Waals surface area contributed by atoms with Crippen molar-refractivity contribution >= 4 is 28.4 Å². The topological polar surface area (TPSA) is 83.6 Å². The monoisotopic (exact) mass is 301 g/mol. The molecule has 2 aromatic heterocycles. The molecule has 1 aromatic carbocycles. The Morgan fingerprint density at radius 3 is 3.05 bits per heavy atom. The predicted octanol–water partition coefficient (Wildman–Crippen LogP) is 1.98. The third kappa shape index (κ3) is 2.85. The average Bonchev–Trinajstić information content (AvgIpc) is 3.00. The third-order valence-electron chi connectivity index (χ3n) is 3.09. The smallest absolute Gasteiger partial charge is 0.253 e. The second kappa shape index (κ2) is 5.88. The summed E-state index contributed by atoms with van der Waals surface area (Å²) >= 11 is 6.16. The lowest BCUT2D eigenvalue weighted by Gasteiger charge is -2.09. The summed E-state index contributed by atoms with van der Waals surface area (Å²) < 4.78 is 0. The van der Waals surface area contributed by atoms with Crippen LogP contribution in [0.5, 0.6) is 0 Å². The molecule has 0 saturated carbocycles. The van der Waals surface area contributed by atoms with Crippen molar-refractivity contribution < 1.29 is 4.79 Å². The van der Waals surface area contributed by atoms with E-state index in [0.29, 0.717) is 23.6 Å². The minimum absolute atomic E-state index is 0.220. The van der Waals surface area contributed by atoms with Crippen molar-refractivity contribution in [2.45, 2.75) is 6.42 Å². The molecule has 0 aliphatic carbocycles. The molecule has 6 nitrogen and oxygen atoms in total. The van der Waals surface area contributed by atoms with Gasteiger partial charge in [-0.15, -0.1) is 0 Å². The molecule has 0 bridgehead atoms. The first-order valence-electron chi connectivity index (χ1n) is 6.42. The largest absolute Gasteiger partial charge is 0.352 e. The summed E-state index contributed by atoms with van der Waals surface area (Å²) in [6.45, 7) is 0.457. The number of halogens is 1. The lowest BCUT2D eigenvalue weighted by molar-refractivity contribution is 0.0956. The Bertz CT molecular complexity index is 772. The van der Waals surface area contributed by atoms with E-state index in [-0.39, 0.29) is 5.91 Å². The molecule has 3 aromatic rings. The highest BCUT2D eigenvalue weighted by atomic mass is 35.5. The highest BCUT2D eigenvalue weighted by molar-refractivity contribution is 6.35. The highest BCUT2D eigenvalue weighted by Crippen LogP contribution is 2.24. The molecule has 1 amide bonds. The first kappa shape index (κ1) is 13.5. The first-order valence-corrected chi connectivity index (χ1v) is 6.79. The fraction of sp³-hybridized carbons (Fsp3) is 0.143. The van der Waals surface area contributed by atoms with Gasteiger partial charge in [-0.05, 0) is 18.2 Å². The number of hydrogen-bond acceptors (Lipinski definition) is 4. The van der Waals surface area contributed by atoms with Crippen LogP contribution in [0.3, 0.4) is 0 Å². The maximum absolute atomic E-state index is 12.3. The summed E-state index contributed by atoms with van der Waals surface area (Å²) in [7, 11) is 0. The van der Waals surface area contributed by atoms with E-state index in [4.69, 9.17) is 11.6 Å². The van der Waals surface area contributed by atoms with Crippen LogP contribution in [0, 0.1) is 0 Å². The number of fused-ring (bicyclic) bond motifs is 1. The highest BCUT2D eigenvalue weighted by Gasteiger charge is 2.14. The van der Waals surface area contributed by atoms with E-state index < -0.39 is 0 Å². The zero-order valence-electron chi connectivity index (χ0n) is 11.0. The van der Waals surface area contributed by atoms with Crippen LogP contribution in [-0.4, -0.2) is 32.8 Å². The summed E-state index contributed by atoms with van der Waals surface area (Å²) in [5.74, 6) is -0.220. The molecule has 2 heterocycles. The second-order valence-corrected chi connectivity index (χ2v) is 4.87. The molecule has 0 fully saturated rings. The molecule has 21 heavy (non-hydrogen) atoms. The number of pyridine rings is 1. The van der Waals surface area contributed by atoms with Gasteiger partial charge in [0.25, 0.3) is 5.91 Å². The number of nitrogens with one attached hydrogen (secondary N) is 2. The summed E-state index contributed by atoms with van der Waals surface area (Å²) in [5, 5.41) is 14.2. The van der Waals surface area contributed by atoms with Crippen molar-refractivity contribution in [1.29, 1.82) is 0 Å². The van der Waals surface area contributed by atoms with Gasteiger partial charge in [-0.3, -0.25) is 9.78 Å². The van der Waals surface area contributed by atoms with Crippen molar-refractivity contribution in [2.75, 3.05) is 6.54 Å². The molecular weight excluding hydrogens is 290 g/mol. The van der Waals surface area contributed by atoms with E-state index in [9.17, 15) is 4.79 Å². The Morgan fingerprint density at radius 2 is 2.24 bits per heavy atom. The predicted molar refractivity (Wildman–Crippen MR) is 79.2 cm³/mol. The summed E-state index contributed by atoms with van der Waals surface area (Å²) in [5.41, 5.74) is 1.98. The molecule has 0 radical (unpaired) electrons. The number of H-pyrrole nitrogens is 1. The third-order valence-corrected chi connectivity index (χ3v) is 3.41. The van der Waals surface area contributed by atoms with Crippen LogP contribution in [0.1, 0.15) is 16.1 Å². The summed E-state index contributed by atoms with van der Waals surface area (Å²) in [6, 6.07) is 7.10. The van der Waals surface area contributed by atoms with E-state index in [1.807, 2.05) is 6.07 Å². The van der Waals surface area contributed by atoms with Crippen molar-refractivity contribution in [3.8, 4) is 0 Å². The summed E-state index contributed by atoms with van der Waals surface area (Å²) in [4.78, 5) is 16.6. The molecule has 0 unspecified atom stereocenters. The van der Waals surface area contributed by atoms with E-state index in [1.54, 1.807) is 30.6 Å². The normalized spacial score (nSPS) is 10.7. The maximum Gasteiger partial charge on any atom is 0.253 e. The van der Waals surface area contributed by atoms with Gasteiger partial charge in [-0.25, -0.2) is 0 Å². The van der Waals surface area contributed by atoms with Gasteiger partial charge in [0.05, 0.1) is 28.0 Å². The van der Waals surface area contributed by atoms with Crippen LogP contribution in [-0.2, 0) is 6.42 Å². The lowest BCUT2D eigenvalue weighted by atomic mass is 10.1. The fourth-order valence-corrected chi connectivity index (χ4v) is 2.35. The first-order chi connectivity index (χ1) is 10.3. The Labute approximate surface area is 125 Å². The molecular formula is C14H12ClN5O. The average molecular weight is 302 g/mol. The molecule has 3 rings (SSSR count). The Balaban J connectivity index is 1.79. The van der Waals surface area contributed by atoms with Crippen LogP contribution < -0.4 is 5.32 Å². The van der Waals surface area contributed by atoms with Crippen molar-refractivity contribution in [1.82, 2.24) is 25.7 Å². The Hall–Kier alpha value is -2.47. The zero-order valence-corrected chi connectivity index (χ0v) is 11.8. The van der Waals surface area contributed by atoms with Gasteiger partial charge >= 0.3 is 0 Å². The number of aromatic amines is 1. The number of carbonyl (C=O) groups is 1. The number of rotatable bonds is 4. The van der Waals surface area contributed by atoms with Crippen molar-refractivity contribution in [2.24, 2.45) is 0 Å². The molecule has 2 N–H and O–H groups in total. The lowest BCUT2D eigenvalue weighted by Crippen LogP contribution is -2.26. The molecule has 0 atom stereocenters. The Kier molecular flexibility index (Phi) is 3.79. The van der Waals surface area contributed by atoms with E-state index in [1.165, 1.54) is 0 Å².